The molecule has 0 radical (unpaired) electrons. The molecular weight excluding hydrogens is 428 g/mol. The predicted molar refractivity (Wildman–Crippen MR) is 117 cm³/mol. The van der Waals surface area contributed by atoms with Crippen molar-refractivity contribution in [1.29, 1.82) is 0 Å². The highest BCUT2D eigenvalue weighted by atomic mass is 16.7. The first kappa shape index (κ1) is 21.2. The smallest absolute Gasteiger partial charge is 0.260 e. The van der Waals surface area contributed by atoms with E-state index in [1.165, 1.54) is 0 Å². The summed E-state index contributed by atoms with van der Waals surface area (Å²) in [5.74, 6) is 1.50. The van der Waals surface area contributed by atoms with Crippen molar-refractivity contribution in [2.45, 2.75) is 12.8 Å². The molecule has 0 spiro atoms. The fourth-order valence-corrected chi connectivity index (χ4v) is 3.87. The first-order valence-electron chi connectivity index (χ1n) is 10.6. The van der Waals surface area contributed by atoms with Crippen LogP contribution in [0.3, 0.4) is 0 Å². The number of hydrogen-bond donors (Lipinski definition) is 1. The Morgan fingerprint density at radius 2 is 2.00 bits per heavy atom. The van der Waals surface area contributed by atoms with Crippen LogP contribution in [0.5, 0.6) is 5.88 Å². The quantitative estimate of drug-likeness (QED) is 0.674. The molecule has 0 saturated carbocycles. The van der Waals surface area contributed by atoms with Crippen LogP contribution in [0.1, 0.15) is 21.7 Å². The van der Waals surface area contributed by atoms with Gasteiger partial charge in [0.15, 0.2) is 12.0 Å². The number of hydrogen-bond acceptors (Lipinski definition) is 9. The van der Waals surface area contributed by atoms with Crippen LogP contribution >= 0.6 is 0 Å². The van der Waals surface area contributed by atoms with Gasteiger partial charge in [0.2, 0.25) is 11.8 Å². The number of nitrogens with zero attached hydrogens (tertiary/aromatic N) is 3. The van der Waals surface area contributed by atoms with Gasteiger partial charge >= 0.3 is 0 Å². The molecule has 1 N–H and O–H groups in total. The van der Waals surface area contributed by atoms with Crippen molar-refractivity contribution in [1.82, 2.24) is 15.3 Å². The van der Waals surface area contributed by atoms with Gasteiger partial charge in [-0.1, -0.05) is 0 Å². The molecule has 5 rings (SSSR count). The van der Waals surface area contributed by atoms with Crippen molar-refractivity contribution in [3.63, 3.8) is 0 Å². The largest absolute Gasteiger partial charge is 0.491 e. The van der Waals surface area contributed by atoms with E-state index < -0.39 is 0 Å². The van der Waals surface area contributed by atoms with Crippen LogP contribution in [0, 0.1) is 0 Å². The number of carbonyl (C=O) groups is 1. The number of pyridine rings is 2. The Morgan fingerprint density at radius 3 is 2.73 bits per heavy atom. The maximum atomic E-state index is 13.0. The maximum Gasteiger partial charge on any atom is 0.260 e. The highest BCUT2D eigenvalue weighted by Crippen LogP contribution is 2.30. The third-order valence-electron chi connectivity index (χ3n) is 5.57. The van der Waals surface area contributed by atoms with Crippen molar-refractivity contribution in [2.75, 3.05) is 45.5 Å². The lowest BCUT2D eigenvalue weighted by Crippen LogP contribution is -2.23. The normalized spacial score (nSPS) is 18.2. The second kappa shape index (κ2) is 9.08. The third-order valence-corrected chi connectivity index (χ3v) is 5.57. The molecule has 1 fully saturated rings. The number of ether oxygens (including phenoxy) is 5. The first-order valence-corrected chi connectivity index (χ1v) is 10.6. The van der Waals surface area contributed by atoms with E-state index in [9.17, 15) is 4.79 Å². The van der Waals surface area contributed by atoms with E-state index in [1.807, 2.05) is 18.2 Å². The van der Waals surface area contributed by atoms with Crippen LogP contribution in [0.2, 0.25) is 0 Å². The molecule has 172 valence electrons. The zero-order valence-electron chi connectivity index (χ0n) is 18.4. The molecule has 3 aliphatic rings. The molecule has 5 heterocycles. The van der Waals surface area contributed by atoms with Gasteiger partial charge in [0, 0.05) is 18.2 Å². The fourth-order valence-electron chi connectivity index (χ4n) is 3.87. The molecule has 0 atom stereocenters. The summed E-state index contributed by atoms with van der Waals surface area (Å²) < 4.78 is 27.0. The summed E-state index contributed by atoms with van der Waals surface area (Å²) >= 11 is 0. The van der Waals surface area contributed by atoms with Gasteiger partial charge < -0.3 is 33.9 Å². The van der Waals surface area contributed by atoms with Gasteiger partial charge in [-0.3, -0.25) is 9.78 Å². The summed E-state index contributed by atoms with van der Waals surface area (Å²) in [5.41, 5.74) is 3.69. The number of anilines is 1. The zero-order valence-corrected chi connectivity index (χ0v) is 18.4. The minimum absolute atomic E-state index is 0.109. The highest BCUT2D eigenvalue weighted by Gasteiger charge is 2.31. The molecule has 3 aliphatic heterocycles. The molecule has 2 aromatic heterocycles. The Bertz CT molecular complexity index is 1110. The Morgan fingerprint density at radius 1 is 1.15 bits per heavy atom. The summed E-state index contributed by atoms with van der Waals surface area (Å²) in [6, 6.07) is 7.19. The minimum Gasteiger partial charge on any atom is -0.491 e. The Kier molecular flexibility index (Phi) is 5.84. The number of nitrogens with one attached hydrogen (secondary N) is 1. The lowest BCUT2D eigenvalue weighted by Gasteiger charge is -2.20. The summed E-state index contributed by atoms with van der Waals surface area (Å²) in [4.78, 5) is 23.7. The Hall–Kier alpha value is -3.63. The zero-order chi connectivity index (χ0) is 22.8. The summed E-state index contributed by atoms with van der Waals surface area (Å²) in [6.07, 6.45) is 3.14. The van der Waals surface area contributed by atoms with E-state index in [0.717, 1.165) is 17.0 Å². The lowest BCUT2D eigenvalue weighted by molar-refractivity contribution is -0.0691. The van der Waals surface area contributed by atoms with Crippen molar-refractivity contribution >= 4 is 17.2 Å². The predicted octanol–water partition coefficient (Wildman–Crippen LogP) is 1.84. The number of fused-ring (bicyclic) bond motifs is 1. The second-order valence-corrected chi connectivity index (χ2v) is 7.54. The standard InChI is InChI=1S/C23H24N4O6/c1-29-19-9-14(10-25-22(19)30-2)17-5-4-16-18(26-17)12-27(23(16)28)15-3-6-20(24-11-15)33-13-21-31-7-8-32-21/h3-6,9,11,21,25H,7-8,10,12-13H2,1-2H3. The number of dihydropyridines is 1. The highest BCUT2D eigenvalue weighted by molar-refractivity contribution is 6.09. The minimum atomic E-state index is -0.368. The van der Waals surface area contributed by atoms with Crippen LogP contribution in [0.15, 0.2) is 48.2 Å². The molecule has 2 aromatic rings. The van der Waals surface area contributed by atoms with Gasteiger partial charge in [-0.25, -0.2) is 4.98 Å². The van der Waals surface area contributed by atoms with Crippen LogP contribution in [0.4, 0.5) is 5.69 Å². The molecule has 33 heavy (non-hydrogen) atoms. The molecule has 0 aliphatic carbocycles. The number of amides is 1. The van der Waals surface area contributed by atoms with E-state index >= 15 is 0 Å². The average Bonchev–Trinajstić information content (AvgIpc) is 3.50. The summed E-state index contributed by atoms with van der Waals surface area (Å²) in [5, 5.41) is 3.17. The summed E-state index contributed by atoms with van der Waals surface area (Å²) in [6.45, 7) is 2.32. The van der Waals surface area contributed by atoms with E-state index in [0.29, 0.717) is 55.1 Å². The molecule has 0 unspecified atom stereocenters. The molecule has 10 nitrogen and oxygen atoms in total. The van der Waals surface area contributed by atoms with Crippen molar-refractivity contribution in [2.24, 2.45) is 0 Å². The topological polar surface area (TPSA) is 104 Å². The van der Waals surface area contributed by atoms with Crippen molar-refractivity contribution in [3.05, 3.63) is 65.1 Å². The third kappa shape index (κ3) is 4.22. The van der Waals surface area contributed by atoms with E-state index in [4.69, 9.17) is 28.7 Å². The molecule has 10 heteroatoms. The van der Waals surface area contributed by atoms with E-state index in [-0.39, 0.29) is 18.8 Å². The second-order valence-electron chi connectivity index (χ2n) is 7.54. The maximum absolute atomic E-state index is 13.0. The van der Waals surface area contributed by atoms with Crippen LogP contribution in [0.25, 0.3) is 5.57 Å². The number of aromatic nitrogens is 2. The van der Waals surface area contributed by atoms with Gasteiger partial charge in [0.1, 0.15) is 6.61 Å². The van der Waals surface area contributed by atoms with Gasteiger partial charge in [-0.15, -0.1) is 0 Å². The van der Waals surface area contributed by atoms with Crippen molar-refractivity contribution < 1.29 is 28.5 Å². The Balaban J connectivity index is 1.30. The van der Waals surface area contributed by atoms with Crippen LogP contribution in [-0.2, 0) is 25.5 Å². The van der Waals surface area contributed by atoms with Gasteiger partial charge in [-0.05, 0) is 24.3 Å². The van der Waals surface area contributed by atoms with E-state index in [1.54, 1.807) is 37.4 Å². The number of methoxy groups -OCH3 is 2. The Labute approximate surface area is 190 Å². The van der Waals surface area contributed by atoms with Gasteiger partial charge in [0.25, 0.3) is 5.91 Å². The fraction of sp³-hybridized carbons (Fsp3) is 0.348. The van der Waals surface area contributed by atoms with Crippen molar-refractivity contribution in [3.8, 4) is 5.88 Å². The van der Waals surface area contributed by atoms with Gasteiger partial charge in [0.05, 0.1) is 62.8 Å². The number of allylic oxidation sites excluding steroid dienone is 1. The molecular formula is C23H24N4O6. The number of carbonyl (C=O) groups excluding carboxylic acids is 1. The molecule has 0 bridgehead atoms. The van der Waals surface area contributed by atoms with E-state index in [2.05, 4.69) is 10.3 Å². The lowest BCUT2D eigenvalue weighted by atomic mass is 10.1. The first-order chi connectivity index (χ1) is 16.2. The number of rotatable bonds is 7. The molecule has 1 amide bonds. The average molecular weight is 452 g/mol. The van der Waals surface area contributed by atoms with Gasteiger partial charge in [-0.2, -0.15) is 0 Å². The SMILES string of the molecule is COC1=C(OC)NCC(c2ccc3c(n2)CN(c2ccc(OCC4OCCO4)nc2)C3=O)=C1. The monoisotopic (exact) mass is 452 g/mol. The van der Waals surface area contributed by atoms with Crippen LogP contribution in [-0.4, -0.2) is 62.8 Å². The summed E-state index contributed by atoms with van der Waals surface area (Å²) in [7, 11) is 3.17. The van der Waals surface area contributed by atoms with Crippen LogP contribution < -0.4 is 15.0 Å². The molecule has 1 saturated heterocycles. The molecule has 0 aromatic carbocycles.